The highest BCUT2D eigenvalue weighted by atomic mass is 16.5. The molecule has 1 aliphatic rings. The zero-order valence-corrected chi connectivity index (χ0v) is 11.7. The molecule has 1 aromatic carbocycles. The van der Waals surface area contributed by atoms with E-state index in [9.17, 15) is 4.79 Å². The predicted molar refractivity (Wildman–Crippen MR) is 73.0 cm³/mol. The predicted octanol–water partition coefficient (Wildman–Crippen LogP) is 2.09. The van der Waals surface area contributed by atoms with Crippen molar-refractivity contribution in [3.8, 4) is 5.75 Å². The monoisotopic (exact) mass is 288 g/mol. The van der Waals surface area contributed by atoms with Gasteiger partial charge in [-0.2, -0.15) is 4.98 Å². The molecule has 0 N–H and O–H groups in total. The Morgan fingerprint density at radius 2 is 2.29 bits per heavy atom. The van der Waals surface area contributed by atoms with Gasteiger partial charge < -0.3 is 14.0 Å². The molecular formula is C15H16N2O4. The topological polar surface area (TPSA) is 74.5 Å². The van der Waals surface area contributed by atoms with Gasteiger partial charge in [-0.15, -0.1) is 0 Å². The van der Waals surface area contributed by atoms with E-state index in [4.69, 9.17) is 14.0 Å². The molecule has 2 heterocycles. The normalized spacial score (nSPS) is 16.9. The summed E-state index contributed by atoms with van der Waals surface area (Å²) in [6.07, 6.45) is 0.793. The third-order valence-corrected chi connectivity index (χ3v) is 3.35. The summed E-state index contributed by atoms with van der Waals surface area (Å²) in [6, 6.07) is 7.82. The van der Waals surface area contributed by atoms with Crippen LogP contribution in [0, 0.1) is 0 Å². The second kappa shape index (κ2) is 5.95. The summed E-state index contributed by atoms with van der Waals surface area (Å²) in [5.74, 6) is 1.40. The molecule has 1 aliphatic heterocycles. The van der Waals surface area contributed by atoms with Crippen LogP contribution in [0.1, 0.15) is 36.5 Å². The number of fused-ring (bicyclic) bond motifs is 1. The third-order valence-electron chi connectivity index (χ3n) is 3.35. The molecule has 0 saturated heterocycles. The second-order valence-electron chi connectivity index (χ2n) is 4.76. The highest BCUT2D eigenvalue weighted by molar-refractivity contribution is 5.71. The Hall–Kier alpha value is -2.37. The van der Waals surface area contributed by atoms with Crippen molar-refractivity contribution in [3.05, 3.63) is 41.5 Å². The molecule has 1 atom stereocenters. The number of aromatic nitrogens is 2. The fourth-order valence-corrected chi connectivity index (χ4v) is 2.43. The summed E-state index contributed by atoms with van der Waals surface area (Å²) in [5, 5.41) is 4.00. The van der Waals surface area contributed by atoms with E-state index in [1.165, 1.54) is 0 Å². The molecule has 0 bridgehead atoms. The lowest BCUT2D eigenvalue weighted by Crippen LogP contribution is -2.16. The van der Waals surface area contributed by atoms with Gasteiger partial charge in [-0.05, 0) is 19.4 Å². The van der Waals surface area contributed by atoms with Crippen LogP contribution < -0.4 is 4.74 Å². The van der Waals surface area contributed by atoms with Gasteiger partial charge in [0.05, 0.1) is 19.1 Å². The number of para-hydroxylation sites is 1. The smallest absolute Gasteiger partial charge is 0.315 e. The van der Waals surface area contributed by atoms with Crippen LogP contribution in [0.25, 0.3) is 0 Å². The van der Waals surface area contributed by atoms with E-state index in [0.717, 1.165) is 17.7 Å². The van der Waals surface area contributed by atoms with Crippen molar-refractivity contribution in [2.24, 2.45) is 0 Å². The van der Waals surface area contributed by atoms with Gasteiger partial charge in [0.1, 0.15) is 12.2 Å². The van der Waals surface area contributed by atoms with Crippen molar-refractivity contribution in [3.63, 3.8) is 0 Å². The average molecular weight is 288 g/mol. The van der Waals surface area contributed by atoms with Crippen molar-refractivity contribution in [1.82, 2.24) is 10.1 Å². The number of carbonyl (C=O) groups excluding carboxylic acids is 1. The number of esters is 1. The largest absolute Gasteiger partial charge is 0.493 e. The van der Waals surface area contributed by atoms with Gasteiger partial charge in [0.25, 0.3) is 0 Å². The average Bonchev–Trinajstić information content (AvgIpc) is 2.95. The molecule has 110 valence electrons. The van der Waals surface area contributed by atoms with Gasteiger partial charge in [-0.25, -0.2) is 0 Å². The molecule has 2 aromatic rings. The van der Waals surface area contributed by atoms with Crippen molar-refractivity contribution in [2.75, 3.05) is 13.2 Å². The molecule has 0 amide bonds. The maximum atomic E-state index is 11.4. The van der Waals surface area contributed by atoms with E-state index in [0.29, 0.717) is 19.0 Å². The standard InChI is InChI=1S/C15H16N2O4/c1-2-19-14(18)9-13-16-15(17-21-13)11-7-8-20-12-6-4-3-5-10(11)12/h3-6,11H,2,7-9H2,1H3. The van der Waals surface area contributed by atoms with Gasteiger partial charge in [-0.3, -0.25) is 4.79 Å². The minimum Gasteiger partial charge on any atom is -0.493 e. The molecule has 0 radical (unpaired) electrons. The maximum Gasteiger partial charge on any atom is 0.315 e. The van der Waals surface area contributed by atoms with Crippen molar-refractivity contribution < 1.29 is 18.8 Å². The Morgan fingerprint density at radius 3 is 3.14 bits per heavy atom. The van der Waals surface area contributed by atoms with E-state index in [2.05, 4.69) is 10.1 Å². The van der Waals surface area contributed by atoms with E-state index < -0.39 is 0 Å². The Kier molecular flexibility index (Phi) is 3.85. The highest BCUT2D eigenvalue weighted by Crippen LogP contribution is 2.36. The summed E-state index contributed by atoms with van der Waals surface area (Å²) >= 11 is 0. The van der Waals surface area contributed by atoms with Gasteiger partial charge >= 0.3 is 5.97 Å². The molecule has 0 aliphatic carbocycles. The van der Waals surface area contributed by atoms with Gasteiger partial charge in [0, 0.05) is 5.56 Å². The van der Waals surface area contributed by atoms with Crippen LogP contribution in [0.2, 0.25) is 0 Å². The van der Waals surface area contributed by atoms with Crippen LogP contribution in [0.15, 0.2) is 28.8 Å². The number of hydrogen-bond acceptors (Lipinski definition) is 6. The molecule has 0 saturated carbocycles. The first kappa shape index (κ1) is 13.6. The highest BCUT2D eigenvalue weighted by Gasteiger charge is 2.27. The summed E-state index contributed by atoms with van der Waals surface area (Å²) < 4.78 is 15.6. The fourth-order valence-electron chi connectivity index (χ4n) is 2.43. The summed E-state index contributed by atoms with van der Waals surface area (Å²) in [7, 11) is 0. The number of benzene rings is 1. The molecule has 21 heavy (non-hydrogen) atoms. The first-order valence-corrected chi connectivity index (χ1v) is 6.97. The first-order chi connectivity index (χ1) is 10.3. The number of nitrogens with zero attached hydrogens (tertiary/aromatic N) is 2. The number of ether oxygens (including phenoxy) is 2. The lowest BCUT2D eigenvalue weighted by molar-refractivity contribution is -0.142. The van der Waals surface area contributed by atoms with Crippen molar-refractivity contribution in [1.29, 1.82) is 0 Å². The lowest BCUT2D eigenvalue weighted by Gasteiger charge is -2.23. The minimum absolute atomic E-state index is 0.00566. The van der Waals surface area contributed by atoms with Crippen LogP contribution in [-0.2, 0) is 16.0 Å². The minimum atomic E-state index is -0.361. The number of carbonyl (C=O) groups is 1. The SMILES string of the molecule is CCOC(=O)Cc1nc(C2CCOc3ccccc32)no1. The fraction of sp³-hybridized carbons (Fsp3) is 0.400. The molecule has 1 aromatic heterocycles. The lowest BCUT2D eigenvalue weighted by atomic mass is 9.92. The Labute approximate surface area is 122 Å². The third kappa shape index (κ3) is 2.89. The molecule has 0 fully saturated rings. The molecule has 1 unspecified atom stereocenters. The van der Waals surface area contributed by atoms with E-state index >= 15 is 0 Å². The number of hydrogen-bond donors (Lipinski definition) is 0. The zero-order chi connectivity index (χ0) is 14.7. The first-order valence-electron chi connectivity index (χ1n) is 6.97. The quantitative estimate of drug-likeness (QED) is 0.802. The van der Waals surface area contributed by atoms with Crippen LogP contribution in [0.4, 0.5) is 0 Å². The molecule has 0 spiro atoms. The van der Waals surface area contributed by atoms with E-state index in [-0.39, 0.29) is 24.2 Å². The molecule has 3 rings (SSSR count). The van der Waals surface area contributed by atoms with Crippen LogP contribution in [-0.4, -0.2) is 29.3 Å². The summed E-state index contributed by atoms with van der Waals surface area (Å²) in [4.78, 5) is 15.7. The maximum absolute atomic E-state index is 11.4. The van der Waals surface area contributed by atoms with Gasteiger partial charge in [-0.1, -0.05) is 23.4 Å². The van der Waals surface area contributed by atoms with Crippen molar-refractivity contribution >= 4 is 5.97 Å². The van der Waals surface area contributed by atoms with Crippen LogP contribution in [0.3, 0.4) is 0 Å². The van der Waals surface area contributed by atoms with Crippen molar-refractivity contribution in [2.45, 2.75) is 25.7 Å². The van der Waals surface area contributed by atoms with Crippen LogP contribution >= 0.6 is 0 Å². The van der Waals surface area contributed by atoms with Gasteiger partial charge in [0.15, 0.2) is 5.82 Å². The van der Waals surface area contributed by atoms with Gasteiger partial charge in [0.2, 0.25) is 5.89 Å². The molecule has 6 nitrogen and oxygen atoms in total. The molecular weight excluding hydrogens is 272 g/mol. The zero-order valence-electron chi connectivity index (χ0n) is 11.7. The molecule has 6 heteroatoms. The van der Waals surface area contributed by atoms with E-state index in [1.807, 2.05) is 24.3 Å². The second-order valence-corrected chi connectivity index (χ2v) is 4.76. The number of rotatable bonds is 4. The summed E-state index contributed by atoms with van der Waals surface area (Å²) in [6.45, 7) is 2.71. The Morgan fingerprint density at radius 1 is 1.43 bits per heavy atom. The summed E-state index contributed by atoms with van der Waals surface area (Å²) in [5.41, 5.74) is 1.05. The van der Waals surface area contributed by atoms with Crippen LogP contribution in [0.5, 0.6) is 5.75 Å². The Balaban J connectivity index is 1.79. The van der Waals surface area contributed by atoms with E-state index in [1.54, 1.807) is 6.92 Å². The Bertz CT molecular complexity index is 638.